The average molecular weight is 332 g/mol. The summed E-state index contributed by atoms with van der Waals surface area (Å²) in [6, 6.07) is 14.4. The number of rotatable bonds is 7. The first-order valence-corrected chi connectivity index (χ1v) is 9.30. The molecule has 0 unspecified atom stereocenters. The van der Waals surface area contributed by atoms with E-state index in [1.54, 1.807) is 18.2 Å². The fourth-order valence-corrected chi connectivity index (χ4v) is 3.33. The van der Waals surface area contributed by atoms with E-state index in [-0.39, 0.29) is 4.90 Å². The SMILES string of the molecule is CCCCc1ccc(S(=O)(=O)Nc2cccc(N(C)C)c2)cc1. The molecule has 0 aliphatic heterocycles. The molecular formula is C18H24N2O2S. The first-order valence-electron chi connectivity index (χ1n) is 7.81. The fraction of sp³-hybridized carbons (Fsp3) is 0.333. The number of nitrogens with zero attached hydrogens (tertiary/aromatic N) is 1. The van der Waals surface area contributed by atoms with E-state index in [4.69, 9.17) is 0 Å². The maximum atomic E-state index is 12.5. The van der Waals surface area contributed by atoms with Crippen molar-refractivity contribution in [3.63, 3.8) is 0 Å². The van der Waals surface area contributed by atoms with E-state index in [1.807, 2.05) is 49.3 Å². The average Bonchev–Trinajstić information content (AvgIpc) is 2.53. The first kappa shape index (κ1) is 17.3. The molecule has 0 saturated heterocycles. The molecule has 0 saturated carbocycles. The highest BCUT2D eigenvalue weighted by atomic mass is 32.2. The standard InChI is InChI=1S/C18H24N2O2S/c1-4-5-7-15-10-12-18(13-11-15)23(21,22)19-16-8-6-9-17(14-16)20(2)3/h6,8-14,19H,4-5,7H2,1-3H3. The number of sulfonamides is 1. The van der Waals surface area contributed by atoms with E-state index < -0.39 is 10.0 Å². The van der Waals surface area contributed by atoms with Gasteiger partial charge in [0.1, 0.15) is 0 Å². The summed E-state index contributed by atoms with van der Waals surface area (Å²) in [5.74, 6) is 0. The lowest BCUT2D eigenvalue weighted by Gasteiger charge is -2.14. The summed E-state index contributed by atoms with van der Waals surface area (Å²) in [6.45, 7) is 2.14. The van der Waals surface area contributed by atoms with Crippen molar-refractivity contribution in [3.8, 4) is 0 Å². The number of nitrogens with one attached hydrogen (secondary N) is 1. The van der Waals surface area contributed by atoms with Gasteiger partial charge in [0.05, 0.1) is 10.6 Å². The number of hydrogen-bond acceptors (Lipinski definition) is 3. The van der Waals surface area contributed by atoms with Gasteiger partial charge in [0.25, 0.3) is 10.0 Å². The quantitative estimate of drug-likeness (QED) is 0.836. The molecule has 0 radical (unpaired) electrons. The highest BCUT2D eigenvalue weighted by Gasteiger charge is 2.14. The Morgan fingerprint density at radius 2 is 1.74 bits per heavy atom. The summed E-state index contributed by atoms with van der Waals surface area (Å²) in [4.78, 5) is 2.22. The molecule has 0 aliphatic rings. The van der Waals surface area contributed by atoms with Gasteiger partial charge < -0.3 is 4.90 Å². The van der Waals surface area contributed by atoms with Crippen molar-refractivity contribution >= 4 is 21.4 Å². The zero-order valence-electron chi connectivity index (χ0n) is 13.9. The zero-order valence-corrected chi connectivity index (χ0v) is 14.7. The van der Waals surface area contributed by atoms with Crippen molar-refractivity contribution < 1.29 is 8.42 Å². The maximum absolute atomic E-state index is 12.5. The molecule has 0 atom stereocenters. The van der Waals surface area contributed by atoms with Crippen molar-refractivity contribution in [1.29, 1.82) is 0 Å². The van der Waals surface area contributed by atoms with Crippen LogP contribution in [-0.4, -0.2) is 22.5 Å². The van der Waals surface area contributed by atoms with Gasteiger partial charge in [-0.3, -0.25) is 4.72 Å². The Bertz CT molecular complexity index is 738. The summed E-state index contributed by atoms with van der Waals surface area (Å²) in [6.07, 6.45) is 3.22. The summed E-state index contributed by atoms with van der Waals surface area (Å²) < 4.78 is 27.6. The Kier molecular flexibility index (Phi) is 5.66. The van der Waals surface area contributed by atoms with Crippen LogP contribution in [0.5, 0.6) is 0 Å². The molecule has 0 bridgehead atoms. The lowest BCUT2D eigenvalue weighted by Crippen LogP contribution is -2.14. The topological polar surface area (TPSA) is 49.4 Å². The smallest absolute Gasteiger partial charge is 0.261 e. The number of hydrogen-bond donors (Lipinski definition) is 1. The molecule has 5 heteroatoms. The van der Waals surface area contributed by atoms with Crippen LogP contribution in [0.4, 0.5) is 11.4 Å². The van der Waals surface area contributed by atoms with Crippen LogP contribution in [-0.2, 0) is 16.4 Å². The van der Waals surface area contributed by atoms with Crippen LogP contribution < -0.4 is 9.62 Å². The van der Waals surface area contributed by atoms with E-state index in [2.05, 4.69) is 11.6 Å². The Hall–Kier alpha value is -2.01. The van der Waals surface area contributed by atoms with Crippen molar-refractivity contribution in [2.24, 2.45) is 0 Å². The van der Waals surface area contributed by atoms with Gasteiger partial charge in [-0.05, 0) is 48.7 Å². The summed E-state index contributed by atoms with van der Waals surface area (Å²) in [5, 5.41) is 0. The van der Waals surface area contributed by atoms with Crippen LogP contribution in [0.25, 0.3) is 0 Å². The Balaban J connectivity index is 2.16. The largest absolute Gasteiger partial charge is 0.378 e. The molecule has 0 fully saturated rings. The molecule has 2 rings (SSSR count). The number of benzene rings is 2. The zero-order chi connectivity index (χ0) is 16.9. The van der Waals surface area contributed by atoms with Crippen molar-refractivity contribution in [3.05, 3.63) is 54.1 Å². The van der Waals surface area contributed by atoms with Gasteiger partial charge in [-0.25, -0.2) is 8.42 Å². The van der Waals surface area contributed by atoms with E-state index in [0.717, 1.165) is 24.9 Å². The second-order valence-electron chi connectivity index (χ2n) is 5.80. The highest BCUT2D eigenvalue weighted by Crippen LogP contribution is 2.21. The van der Waals surface area contributed by atoms with Crippen LogP contribution in [0.1, 0.15) is 25.3 Å². The van der Waals surface area contributed by atoms with Crippen molar-refractivity contribution in [2.45, 2.75) is 31.1 Å². The molecule has 0 aromatic heterocycles. The first-order chi connectivity index (χ1) is 10.9. The molecule has 0 amide bonds. The Morgan fingerprint density at radius 1 is 1.04 bits per heavy atom. The molecule has 0 spiro atoms. The van der Waals surface area contributed by atoms with Gasteiger partial charge in [0.2, 0.25) is 0 Å². The normalized spacial score (nSPS) is 11.3. The second kappa shape index (κ2) is 7.51. The van der Waals surface area contributed by atoms with E-state index in [9.17, 15) is 8.42 Å². The van der Waals surface area contributed by atoms with Crippen LogP contribution in [0.15, 0.2) is 53.4 Å². The Morgan fingerprint density at radius 3 is 2.35 bits per heavy atom. The van der Waals surface area contributed by atoms with Crippen molar-refractivity contribution in [1.82, 2.24) is 0 Å². The van der Waals surface area contributed by atoms with Crippen LogP contribution in [0.2, 0.25) is 0 Å². The van der Waals surface area contributed by atoms with Crippen LogP contribution in [0.3, 0.4) is 0 Å². The van der Waals surface area contributed by atoms with E-state index in [0.29, 0.717) is 5.69 Å². The molecule has 124 valence electrons. The van der Waals surface area contributed by atoms with Gasteiger partial charge in [0.15, 0.2) is 0 Å². The molecule has 0 heterocycles. The third-order valence-corrected chi connectivity index (χ3v) is 5.06. The molecule has 23 heavy (non-hydrogen) atoms. The minimum absolute atomic E-state index is 0.285. The van der Waals surface area contributed by atoms with Crippen LogP contribution >= 0.6 is 0 Å². The summed E-state index contributed by atoms with van der Waals surface area (Å²) in [5.41, 5.74) is 2.67. The number of anilines is 2. The van der Waals surface area contributed by atoms with Crippen molar-refractivity contribution in [2.75, 3.05) is 23.7 Å². The Labute approximate surface area is 139 Å². The van der Waals surface area contributed by atoms with Gasteiger partial charge in [-0.2, -0.15) is 0 Å². The monoisotopic (exact) mass is 332 g/mol. The third kappa shape index (κ3) is 4.73. The van der Waals surface area contributed by atoms with Gasteiger partial charge >= 0.3 is 0 Å². The third-order valence-electron chi connectivity index (χ3n) is 3.67. The molecule has 2 aromatic carbocycles. The molecule has 4 nitrogen and oxygen atoms in total. The molecule has 2 aromatic rings. The molecular weight excluding hydrogens is 308 g/mol. The van der Waals surface area contributed by atoms with Gasteiger partial charge in [-0.15, -0.1) is 0 Å². The predicted molar refractivity (Wildman–Crippen MR) is 96.6 cm³/mol. The fourth-order valence-electron chi connectivity index (χ4n) is 2.28. The molecule has 1 N–H and O–H groups in total. The van der Waals surface area contributed by atoms with Gasteiger partial charge in [0, 0.05) is 19.8 Å². The lowest BCUT2D eigenvalue weighted by molar-refractivity contribution is 0.601. The minimum Gasteiger partial charge on any atom is -0.378 e. The van der Waals surface area contributed by atoms with Crippen LogP contribution in [0, 0.1) is 0 Å². The number of aryl methyl sites for hydroxylation is 1. The predicted octanol–water partition coefficient (Wildman–Crippen LogP) is 3.90. The highest BCUT2D eigenvalue weighted by molar-refractivity contribution is 7.92. The lowest BCUT2D eigenvalue weighted by atomic mass is 10.1. The van der Waals surface area contributed by atoms with E-state index in [1.165, 1.54) is 5.56 Å². The molecule has 0 aliphatic carbocycles. The summed E-state index contributed by atoms with van der Waals surface area (Å²) >= 11 is 0. The number of unbranched alkanes of at least 4 members (excludes halogenated alkanes) is 1. The summed E-state index contributed by atoms with van der Waals surface area (Å²) in [7, 11) is 0.277. The van der Waals surface area contributed by atoms with Gasteiger partial charge in [-0.1, -0.05) is 31.5 Å². The minimum atomic E-state index is -3.56. The van der Waals surface area contributed by atoms with E-state index >= 15 is 0 Å². The maximum Gasteiger partial charge on any atom is 0.261 e. The second-order valence-corrected chi connectivity index (χ2v) is 7.48.